The molecule has 6 nitrogen and oxygen atoms in total. The summed E-state index contributed by atoms with van der Waals surface area (Å²) in [7, 11) is 1.22. The summed E-state index contributed by atoms with van der Waals surface area (Å²) in [6, 6.07) is 0. The SMILES string of the molecule is C/C=C/C=C/COC(=O)[C@@H]1CCCC[C@H]1C(=O)OCC#CC(=O)OC. The highest BCUT2D eigenvalue weighted by Crippen LogP contribution is 2.32. The van der Waals surface area contributed by atoms with Gasteiger partial charge in [-0.15, -0.1) is 0 Å². The van der Waals surface area contributed by atoms with Crippen LogP contribution in [0.4, 0.5) is 0 Å². The number of rotatable bonds is 6. The molecule has 0 aromatic rings. The standard InChI is InChI=1S/C19H24O6/c1-3-4-5-8-13-24-18(21)15-10-6-7-11-16(15)19(22)25-14-9-12-17(20)23-2/h3-5,8,15-16H,6-7,10-11,13-14H2,1-2H3/b4-3+,8-5+/t15-,16-/m1/s1. The van der Waals surface area contributed by atoms with E-state index >= 15 is 0 Å². The predicted octanol–water partition coefficient (Wildman–Crippen LogP) is 2.19. The summed E-state index contributed by atoms with van der Waals surface area (Å²) in [6.45, 7) is 1.86. The lowest BCUT2D eigenvalue weighted by Crippen LogP contribution is -2.35. The molecule has 1 aliphatic rings. The smallest absolute Gasteiger partial charge is 0.384 e. The van der Waals surface area contributed by atoms with Crippen LogP contribution in [0.5, 0.6) is 0 Å². The van der Waals surface area contributed by atoms with Crippen LogP contribution >= 0.6 is 0 Å². The summed E-state index contributed by atoms with van der Waals surface area (Å²) in [4.78, 5) is 35.3. The van der Waals surface area contributed by atoms with Crippen molar-refractivity contribution >= 4 is 17.9 Å². The number of allylic oxidation sites excluding steroid dienone is 3. The molecular weight excluding hydrogens is 324 g/mol. The number of methoxy groups -OCH3 is 1. The van der Waals surface area contributed by atoms with Crippen molar-refractivity contribution in [3.63, 3.8) is 0 Å². The largest absolute Gasteiger partial charge is 0.461 e. The van der Waals surface area contributed by atoms with Gasteiger partial charge >= 0.3 is 17.9 Å². The van der Waals surface area contributed by atoms with Gasteiger partial charge in [-0.3, -0.25) is 9.59 Å². The van der Waals surface area contributed by atoms with Gasteiger partial charge in [0.1, 0.15) is 6.61 Å². The lowest BCUT2D eigenvalue weighted by Gasteiger charge is -2.27. The van der Waals surface area contributed by atoms with Crippen molar-refractivity contribution in [2.45, 2.75) is 32.6 Å². The second kappa shape index (κ2) is 11.9. The molecule has 0 aromatic heterocycles. The Hall–Kier alpha value is -2.55. The normalized spacial score (nSPS) is 19.9. The van der Waals surface area contributed by atoms with Gasteiger partial charge in [-0.1, -0.05) is 31.1 Å². The van der Waals surface area contributed by atoms with E-state index in [4.69, 9.17) is 9.47 Å². The first-order valence-corrected chi connectivity index (χ1v) is 8.28. The van der Waals surface area contributed by atoms with Crippen molar-refractivity contribution in [2.24, 2.45) is 11.8 Å². The second-order valence-electron chi connectivity index (χ2n) is 5.48. The molecule has 0 aliphatic heterocycles. The fourth-order valence-electron chi connectivity index (χ4n) is 2.55. The van der Waals surface area contributed by atoms with E-state index in [2.05, 4.69) is 16.6 Å². The molecule has 0 heterocycles. The molecule has 6 heteroatoms. The maximum Gasteiger partial charge on any atom is 0.384 e. The molecule has 0 N–H and O–H groups in total. The summed E-state index contributed by atoms with van der Waals surface area (Å²) in [6.07, 6.45) is 10.1. The maximum absolute atomic E-state index is 12.2. The van der Waals surface area contributed by atoms with Gasteiger partial charge in [0, 0.05) is 5.92 Å². The van der Waals surface area contributed by atoms with E-state index < -0.39 is 23.8 Å². The third-order valence-electron chi connectivity index (χ3n) is 3.80. The quantitative estimate of drug-likeness (QED) is 0.241. The first-order valence-electron chi connectivity index (χ1n) is 8.28. The Kier molecular flexibility index (Phi) is 9.76. The van der Waals surface area contributed by atoms with Crippen LogP contribution in [-0.4, -0.2) is 38.2 Å². The number of carbonyl (C=O) groups is 3. The molecule has 0 unspecified atom stereocenters. The minimum atomic E-state index is -0.693. The van der Waals surface area contributed by atoms with Crippen LogP contribution < -0.4 is 0 Å². The summed E-state index contributed by atoms with van der Waals surface area (Å²) in [5.74, 6) is 2.00. The molecule has 25 heavy (non-hydrogen) atoms. The number of carbonyl (C=O) groups excluding carboxylic acids is 3. The molecule has 1 aliphatic carbocycles. The topological polar surface area (TPSA) is 78.9 Å². The lowest BCUT2D eigenvalue weighted by molar-refractivity contribution is -0.161. The Bertz CT molecular complexity index is 578. The Balaban J connectivity index is 2.53. The van der Waals surface area contributed by atoms with Gasteiger partial charge in [-0.25, -0.2) is 4.79 Å². The third-order valence-corrected chi connectivity index (χ3v) is 3.80. The number of hydrogen-bond donors (Lipinski definition) is 0. The van der Waals surface area contributed by atoms with Crippen molar-refractivity contribution in [3.05, 3.63) is 24.3 Å². The van der Waals surface area contributed by atoms with Crippen molar-refractivity contribution in [1.82, 2.24) is 0 Å². The molecule has 1 saturated carbocycles. The van der Waals surface area contributed by atoms with Crippen LogP contribution in [0.2, 0.25) is 0 Å². The molecule has 1 rings (SSSR count). The first-order chi connectivity index (χ1) is 12.1. The molecule has 0 saturated heterocycles. The highest BCUT2D eigenvalue weighted by molar-refractivity contribution is 5.88. The molecule has 0 aromatic carbocycles. The van der Waals surface area contributed by atoms with Gasteiger partial charge in [0.05, 0.1) is 18.9 Å². The van der Waals surface area contributed by atoms with Gasteiger partial charge in [-0.05, 0) is 31.8 Å². The monoisotopic (exact) mass is 348 g/mol. The van der Waals surface area contributed by atoms with Crippen LogP contribution in [0, 0.1) is 23.7 Å². The first kappa shape index (κ1) is 20.5. The molecular formula is C19H24O6. The van der Waals surface area contributed by atoms with E-state index in [0.29, 0.717) is 12.8 Å². The molecule has 1 fully saturated rings. The average Bonchev–Trinajstić information content (AvgIpc) is 2.64. The van der Waals surface area contributed by atoms with E-state index in [1.54, 1.807) is 12.2 Å². The minimum Gasteiger partial charge on any atom is -0.461 e. The Morgan fingerprint density at radius 3 is 2.28 bits per heavy atom. The minimum absolute atomic E-state index is 0.173. The molecule has 136 valence electrons. The van der Waals surface area contributed by atoms with Gasteiger partial charge in [0.15, 0.2) is 6.61 Å². The van der Waals surface area contributed by atoms with Crippen molar-refractivity contribution in [2.75, 3.05) is 20.3 Å². The van der Waals surface area contributed by atoms with E-state index in [9.17, 15) is 14.4 Å². The van der Waals surface area contributed by atoms with Gasteiger partial charge < -0.3 is 14.2 Å². The Labute approximate surface area is 148 Å². The molecule has 0 bridgehead atoms. The number of ether oxygens (including phenoxy) is 3. The maximum atomic E-state index is 12.2. The highest BCUT2D eigenvalue weighted by atomic mass is 16.5. The van der Waals surface area contributed by atoms with E-state index in [1.807, 2.05) is 19.1 Å². The molecule has 0 radical (unpaired) electrons. The zero-order valence-corrected chi connectivity index (χ0v) is 14.7. The lowest BCUT2D eigenvalue weighted by atomic mass is 9.79. The highest BCUT2D eigenvalue weighted by Gasteiger charge is 2.37. The van der Waals surface area contributed by atoms with Crippen molar-refractivity contribution < 1.29 is 28.6 Å². The summed E-state index contributed by atoms with van der Waals surface area (Å²) < 4.78 is 14.6. The Morgan fingerprint density at radius 1 is 1.04 bits per heavy atom. The molecule has 0 spiro atoms. The van der Waals surface area contributed by atoms with Crippen molar-refractivity contribution in [3.8, 4) is 11.8 Å². The number of esters is 3. The predicted molar refractivity (Wildman–Crippen MR) is 91.1 cm³/mol. The summed E-state index contributed by atoms with van der Waals surface area (Å²) in [5, 5.41) is 0. The average molecular weight is 348 g/mol. The molecule has 2 atom stereocenters. The zero-order valence-electron chi connectivity index (χ0n) is 14.7. The van der Waals surface area contributed by atoms with E-state index in [1.165, 1.54) is 7.11 Å². The van der Waals surface area contributed by atoms with Gasteiger partial charge in [0.2, 0.25) is 0 Å². The Morgan fingerprint density at radius 2 is 1.68 bits per heavy atom. The fraction of sp³-hybridized carbons (Fsp3) is 0.526. The molecule has 0 amide bonds. The van der Waals surface area contributed by atoms with Crippen LogP contribution in [0.3, 0.4) is 0 Å². The number of hydrogen-bond acceptors (Lipinski definition) is 6. The zero-order chi connectivity index (χ0) is 18.5. The summed E-state index contributed by atoms with van der Waals surface area (Å²) in [5.41, 5.74) is 0. The van der Waals surface area contributed by atoms with Crippen molar-refractivity contribution in [1.29, 1.82) is 0 Å². The van der Waals surface area contributed by atoms with Crippen LogP contribution in [0.1, 0.15) is 32.6 Å². The van der Waals surface area contributed by atoms with Crippen LogP contribution in [-0.2, 0) is 28.6 Å². The van der Waals surface area contributed by atoms with Crippen LogP contribution in [0.15, 0.2) is 24.3 Å². The van der Waals surface area contributed by atoms with Gasteiger partial charge in [0.25, 0.3) is 0 Å². The summed E-state index contributed by atoms with van der Waals surface area (Å²) >= 11 is 0. The van der Waals surface area contributed by atoms with Crippen LogP contribution in [0.25, 0.3) is 0 Å². The fourth-order valence-corrected chi connectivity index (χ4v) is 2.55. The van der Waals surface area contributed by atoms with Gasteiger partial charge in [-0.2, -0.15) is 0 Å². The van der Waals surface area contributed by atoms with E-state index in [-0.39, 0.29) is 19.2 Å². The van der Waals surface area contributed by atoms with E-state index in [0.717, 1.165) is 12.8 Å². The second-order valence-corrected chi connectivity index (χ2v) is 5.48. The third kappa shape index (κ3) is 7.71.